The Morgan fingerprint density at radius 3 is 2.36 bits per heavy atom. The monoisotopic (exact) mass is 386 g/mol. The van der Waals surface area contributed by atoms with Gasteiger partial charge in [0.05, 0.1) is 0 Å². The van der Waals surface area contributed by atoms with Crippen LogP contribution in [0.4, 0.5) is 0 Å². The van der Waals surface area contributed by atoms with Crippen molar-refractivity contribution in [1.29, 1.82) is 5.41 Å². The van der Waals surface area contributed by atoms with E-state index in [2.05, 4.69) is 25.5 Å². The Labute approximate surface area is 165 Å². The Balaban J connectivity index is 1.99. The lowest BCUT2D eigenvalue weighted by Crippen LogP contribution is -2.39. The zero-order valence-electron chi connectivity index (χ0n) is 16.3. The minimum absolute atomic E-state index is 0.0281. The smallest absolute Gasteiger partial charge is 0.261 e. The zero-order valence-corrected chi connectivity index (χ0v) is 16.3. The first-order chi connectivity index (χ1) is 13.6. The number of nitrogens with one attached hydrogen (secondary N) is 3. The summed E-state index contributed by atoms with van der Waals surface area (Å²) in [6.07, 6.45) is 3.47. The molecular formula is C19H30N8O. The molecule has 7 N–H and O–H groups in total. The van der Waals surface area contributed by atoms with Gasteiger partial charge in [0.1, 0.15) is 5.92 Å². The van der Waals surface area contributed by atoms with Gasteiger partial charge in [0.25, 0.3) is 5.91 Å². The number of benzene rings is 1. The second-order valence-electron chi connectivity index (χ2n) is 6.58. The Morgan fingerprint density at radius 2 is 1.82 bits per heavy atom. The molecule has 1 aliphatic rings. The molecule has 0 bridgehead atoms. The van der Waals surface area contributed by atoms with Gasteiger partial charge in [0.15, 0.2) is 5.96 Å². The summed E-state index contributed by atoms with van der Waals surface area (Å²) < 4.78 is 0. The minimum atomic E-state index is -0.506. The van der Waals surface area contributed by atoms with E-state index in [1.165, 1.54) is 5.56 Å². The molecular weight excluding hydrogens is 356 g/mol. The first-order valence-corrected chi connectivity index (χ1v) is 9.48. The van der Waals surface area contributed by atoms with Gasteiger partial charge in [-0.2, -0.15) is 4.99 Å². The van der Waals surface area contributed by atoms with Crippen LogP contribution in [0.1, 0.15) is 29.9 Å². The van der Waals surface area contributed by atoms with E-state index in [0.29, 0.717) is 13.1 Å². The Kier molecular flexibility index (Phi) is 8.73. The maximum atomic E-state index is 12.3. The van der Waals surface area contributed by atoms with Crippen LogP contribution < -0.4 is 22.1 Å². The fourth-order valence-corrected chi connectivity index (χ4v) is 2.86. The number of aliphatic imine (C=N–C) groups is 2. The Morgan fingerprint density at radius 1 is 1.18 bits per heavy atom. The predicted octanol–water partition coefficient (Wildman–Crippen LogP) is -0.0194. The van der Waals surface area contributed by atoms with Gasteiger partial charge in [-0.15, -0.1) is 0 Å². The van der Waals surface area contributed by atoms with Crippen molar-refractivity contribution in [2.75, 3.05) is 33.2 Å². The third kappa shape index (κ3) is 6.52. The molecule has 9 heteroatoms. The summed E-state index contributed by atoms with van der Waals surface area (Å²) in [7, 11) is 1.60. The van der Waals surface area contributed by atoms with Crippen LogP contribution in [0, 0.1) is 5.41 Å². The molecule has 1 aromatic rings. The molecule has 0 saturated carbocycles. The Hall–Kier alpha value is -2.62. The minimum Gasteiger partial charge on any atom is -0.359 e. The maximum absolute atomic E-state index is 12.3. The molecule has 0 aromatic heterocycles. The van der Waals surface area contributed by atoms with E-state index in [0.717, 1.165) is 38.0 Å². The average Bonchev–Trinajstić information content (AvgIpc) is 2.70. The molecule has 0 aliphatic carbocycles. The third-order valence-electron chi connectivity index (χ3n) is 4.42. The summed E-state index contributed by atoms with van der Waals surface area (Å²) >= 11 is 0. The van der Waals surface area contributed by atoms with E-state index in [9.17, 15) is 4.79 Å². The van der Waals surface area contributed by atoms with Crippen molar-refractivity contribution >= 4 is 24.0 Å². The normalized spacial score (nSPS) is 16.2. The first-order valence-electron chi connectivity index (χ1n) is 9.48. The van der Waals surface area contributed by atoms with Gasteiger partial charge < -0.3 is 16.8 Å². The summed E-state index contributed by atoms with van der Waals surface area (Å²) in [5.41, 5.74) is 13.3. The lowest BCUT2D eigenvalue weighted by molar-refractivity contribution is -0.117. The summed E-state index contributed by atoms with van der Waals surface area (Å²) in [5, 5.41) is 12.7. The van der Waals surface area contributed by atoms with Crippen molar-refractivity contribution in [3.63, 3.8) is 0 Å². The van der Waals surface area contributed by atoms with Gasteiger partial charge in [-0.3, -0.25) is 20.4 Å². The van der Waals surface area contributed by atoms with E-state index in [1.807, 2.05) is 24.3 Å². The lowest BCUT2D eigenvalue weighted by atomic mass is 9.97. The number of nitrogens with two attached hydrogens (primary N) is 2. The number of hydrogen-bond donors (Lipinski definition) is 5. The number of carbonyl (C=O) groups excluding carboxylic acids is 1. The lowest BCUT2D eigenvalue weighted by Gasteiger charge is -2.22. The Bertz CT molecular complexity index is 705. The molecule has 0 fully saturated rings. The number of rotatable bonds is 9. The van der Waals surface area contributed by atoms with Crippen LogP contribution in [-0.2, 0) is 11.3 Å². The number of guanidine groups is 2. The van der Waals surface area contributed by atoms with Gasteiger partial charge in [0.2, 0.25) is 5.96 Å². The summed E-state index contributed by atoms with van der Waals surface area (Å²) in [6.45, 7) is 4.06. The summed E-state index contributed by atoms with van der Waals surface area (Å²) in [5.74, 6) is -0.663. The van der Waals surface area contributed by atoms with Crippen molar-refractivity contribution in [2.24, 2.45) is 21.5 Å². The summed E-state index contributed by atoms with van der Waals surface area (Å²) in [4.78, 5) is 22.7. The number of amides is 1. The molecule has 28 heavy (non-hydrogen) atoms. The molecule has 1 amide bonds. The van der Waals surface area contributed by atoms with E-state index in [1.54, 1.807) is 13.3 Å². The van der Waals surface area contributed by atoms with Crippen molar-refractivity contribution in [1.82, 2.24) is 15.5 Å². The second-order valence-corrected chi connectivity index (χ2v) is 6.58. The highest BCUT2D eigenvalue weighted by molar-refractivity contribution is 6.14. The standard InChI is InChI=1S/C19H30N8O/c1-23-18(22)26-19-24-12-16(17(28)25-19)15-6-4-14(5-7-15)13-27(10-2-8-20)11-3-9-21/h4-7,12,16H,2-3,8-11,13,20-21H2,1H3,(H3,22,23,25,26,28). The summed E-state index contributed by atoms with van der Waals surface area (Å²) in [6, 6.07) is 7.94. The molecule has 1 aliphatic heterocycles. The van der Waals surface area contributed by atoms with Crippen LogP contribution in [0.2, 0.25) is 0 Å². The van der Waals surface area contributed by atoms with Crippen LogP contribution >= 0.6 is 0 Å². The van der Waals surface area contributed by atoms with Gasteiger partial charge in [0, 0.05) is 19.8 Å². The van der Waals surface area contributed by atoms with Crippen molar-refractivity contribution in [3.05, 3.63) is 35.4 Å². The van der Waals surface area contributed by atoms with Crippen molar-refractivity contribution < 1.29 is 4.79 Å². The average molecular weight is 387 g/mol. The van der Waals surface area contributed by atoms with Crippen LogP contribution in [0.25, 0.3) is 0 Å². The topological polar surface area (TPSA) is 145 Å². The molecule has 0 saturated heterocycles. The zero-order chi connectivity index (χ0) is 20.4. The van der Waals surface area contributed by atoms with Crippen LogP contribution in [-0.4, -0.2) is 62.2 Å². The maximum Gasteiger partial charge on any atom is 0.261 e. The molecule has 1 heterocycles. The van der Waals surface area contributed by atoms with Gasteiger partial charge in [-0.1, -0.05) is 24.3 Å². The van der Waals surface area contributed by atoms with Crippen molar-refractivity contribution in [3.8, 4) is 0 Å². The molecule has 152 valence electrons. The van der Waals surface area contributed by atoms with Gasteiger partial charge in [-0.25, -0.2) is 4.99 Å². The molecule has 9 nitrogen and oxygen atoms in total. The van der Waals surface area contributed by atoms with E-state index < -0.39 is 5.92 Å². The van der Waals surface area contributed by atoms with E-state index in [4.69, 9.17) is 16.9 Å². The van der Waals surface area contributed by atoms with Gasteiger partial charge >= 0.3 is 0 Å². The van der Waals surface area contributed by atoms with E-state index in [-0.39, 0.29) is 17.8 Å². The third-order valence-corrected chi connectivity index (χ3v) is 4.42. The second kappa shape index (κ2) is 11.3. The first kappa shape index (κ1) is 21.7. The number of carbonyl (C=O) groups is 1. The SMILES string of the molecule is CNC(=N)NC1=NC(=O)C(c2ccc(CN(CCCN)CCCN)cc2)C=N1. The van der Waals surface area contributed by atoms with Crippen molar-refractivity contribution in [2.45, 2.75) is 25.3 Å². The fourth-order valence-electron chi connectivity index (χ4n) is 2.86. The highest BCUT2D eigenvalue weighted by atomic mass is 16.1. The van der Waals surface area contributed by atoms with Crippen LogP contribution in [0.15, 0.2) is 34.3 Å². The molecule has 2 rings (SSSR count). The molecule has 1 aromatic carbocycles. The highest BCUT2D eigenvalue weighted by Crippen LogP contribution is 2.19. The highest BCUT2D eigenvalue weighted by Gasteiger charge is 2.23. The fraction of sp³-hybridized carbons (Fsp3) is 0.474. The molecule has 1 unspecified atom stereocenters. The number of hydrogen-bond acceptors (Lipinski definition) is 6. The van der Waals surface area contributed by atoms with Crippen LogP contribution in [0.5, 0.6) is 0 Å². The largest absolute Gasteiger partial charge is 0.359 e. The van der Waals surface area contributed by atoms with Gasteiger partial charge in [-0.05, 0) is 50.1 Å². The quantitative estimate of drug-likeness (QED) is 0.298. The molecule has 1 atom stereocenters. The van der Waals surface area contributed by atoms with E-state index >= 15 is 0 Å². The molecule has 0 spiro atoms. The predicted molar refractivity (Wildman–Crippen MR) is 113 cm³/mol. The number of nitrogens with zero attached hydrogens (tertiary/aromatic N) is 3. The van der Waals surface area contributed by atoms with Crippen LogP contribution in [0.3, 0.4) is 0 Å². The molecule has 0 radical (unpaired) electrons.